The molecule has 1 aliphatic heterocycles. The summed E-state index contributed by atoms with van der Waals surface area (Å²) in [5.74, 6) is 1.90. The monoisotopic (exact) mass is 261 g/mol. The van der Waals surface area contributed by atoms with Gasteiger partial charge in [0.15, 0.2) is 0 Å². The zero-order chi connectivity index (χ0) is 13.9. The Bertz CT molecular complexity index is 421. The number of rotatable bonds is 6. The SMILES string of the molecule is CCC(CC)CNCc1cccc2c1OC(C)(C)C2. The van der Waals surface area contributed by atoms with Crippen LogP contribution < -0.4 is 10.1 Å². The summed E-state index contributed by atoms with van der Waals surface area (Å²) in [7, 11) is 0. The number of nitrogens with one attached hydrogen (secondary N) is 1. The van der Waals surface area contributed by atoms with E-state index in [1.54, 1.807) is 0 Å². The van der Waals surface area contributed by atoms with Gasteiger partial charge in [-0.05, 0) is 31.9 Å². The first-order valence-electron chi connectivity index (χ1n) is 7.56. The van der Waals surface area contributed by atoms with Crippen molar-refractivity contribution in [2.75, 3.05) is 6.54 Å². The Kier molecular flexibility index (Phi) is 4.51. The molecule has 0 saturated heterocycles. The van der Waals surface area contributed by atoms with Gasteiger partial charge in [0.05, 0.1) is 0 Å². The average molecular weight is 261 g/mol. The summed E-state index contributed by atoms with van der Waals surface area (Å²) in [6.45, 7) is 10.9. The third kappa shape index (κ3) is 3.50. The minimum Gasteiger partial charge on any atom is -0.487 e. The van der Waals surface area contributed by atoms with Crippen LogP contribution in [-0.2, 0) is 13.0 Å². The highest BCUT2D eigenvalue weighted by molar-refractivity contribution is 5.45. The van der Waals surface area contributed by atoms with Crippen molar-refractivity contribution in [3.63, 3.8) is 0 Å². The van der Waals surface area contributed by atoms with Gasteiger partial charge in [-0.3, -0.25) is 0 Å². The van der Waals surface area contributed by atoms with E-state index in [0.717, 1.165) is 31.2 Å². The molecular formula is C17H27NO. The lowest BCUT2D eigenvalue weighted by Crippen LogP contribution is -2.25. The molecule has 0 bridgehead atoms. The van der Waals surface area contributed by atoms with Crippen LogP contribution in [0.1, 0.15) is 51.7 Å². The predicted molar refractivity (Wildman–Crippen MR) is 80.6 cm³/mol. The van der Waals surface area contributed by atoms with Crippen LogP contribution in [0, 0.1) is 5.92 Å². The molecule has 2 rings (SSSR count). The summed E-state index contributed by atoms with van der Waals surface area (Å²) in [5, 5.41) is 3.58. The Balaban J connectivity index is 1.98. The molecule has 0 aliphatic carbocycles. The molecule has 1 aromatic rings. The van der Waals surface area contributed by atoms with Crippen LogP contribution >= 0.6 is 0 Å². The molecule has 0 unspecified atom stereocenters. The first-order valence-corrected chi connectivity index (χ1v) is 7.56. The van der Waals surface area contributed by atoms with E-state index in [2.05, 4.69) is 51.2 Å². The molecule has 0 saturated carbocycles. The maximum atomic E-state index is 6.10. The van der Waals surface area contributed by atoms with Crippen molar-refractivity contribution in [1.82, 2.24) is 5.32 Å². The fourth-order valence-corrected chi connectivity index (χ4v) is 2.81. The Hall–Kier alpha value is -1.02. The van der Waals surface area contributed by atoms with Crippen molar-refractivity contribution < 1.29 is 4.74 Å². The summed E-state index contributed by atoms with van der Waals surface area (Å²) in [6.07, 6.45) is 3.52. The van der Waals surface area contributed by atoms with E-state index in [1.807, 2.05) is 0 Å². The van der Waals surface area contributed by atoms with Gasteiger partial charge in [-0.15, -0.1) is 0 Å². The number of fused-ring (bicyclic) bond motifs is 1. The Morgan fingerprint density at radius 1 is 1.26 bits per heavy atom. The van der Waals surface area contributed by atoms with Gasteiger partial charge >= 0.3 is 0 Å². The lowest BCUT2D eigenvalue weighted by atomic mass is 10.0. The van der Waals surface area contributed by atoms with Crippen LogP contribution in [0.15, 0.2) is 18.2 Å². The average Bonchev–Trinajstić information content (AvgIpc) is 2.69. The number of hydrogen-bond acceptors (Lipinski definition) is 2. The number of para-hydroxylation sites is 1. The van der Waals surface area contributed by atoms with Crippen LogP contribution in [0.3, 0.4) is 0 Å². The van der Waals surface area contributed by atoms with Crippen LogP contribution in [0.5, 0.6) is 5.75 Å². The van der Waals surface area contributed by atoms with Gasteiger partial charge in [-0.1, -0.05) is 44.9 Å². The molecule has 0 amide bonds. The molecule has 19 heavy (non-hydrogen) atoms. The standard InChI is InChI=1S/C17H27NO/c1-5-13(6-2)11-18-12-15-9-7-8-14-10-17(3,4)19-16(14)15/h7-9,13,18H,5-6,10-12H2,1-4H3. The van der Waals surface area contributed by atoms with Gasteiger partial charge in [0, 0.05) is 18.5 Å². The highest BCUT2D eigenvalue weighted by atomic mass is 16.5. The molecule has 0 atom stereocenters. The van der Waals surface area contributed by atoms with E-state index in [4.69, 9.17) is 4.74 Å². The molecule has 0 fully saturated rings. The molecule has 2 nitrogen and oxygen atoms in total. The lowest BCUT2D eigenvalue weighted by molar-refractivity contribution is 0.137. The van der Waals surface area contributed by atoms with E-state index in [1.165, 1.54) is 24.0 Å². The second kappa shape index (κ2) is 5.96. The Morgan fingerprint density at radius 3 is 2.68 bits per heavy atom. The van der Waals surface area contributed by atoms with Crippen molar-refractivity contribution >= 4 is 0 Å². The fraction of sp³-hybridized carbons (Fsp3) is 0.647. The van der Waals surface area contributed by atoms with Crippen molar-refractivity contribution in [2.24, 2.45) is 5.92 Å². The third-order valence-electron chi connectivity index (χ3n) is 4.08. The molecule has 1 heterocycles. The van der Waals surface area contributed by atoms with E-state index in [9.17, 15) is 0 Å². The topological polar surface area (TPSA) is 21.3 Å². The van der Waals surface area contributed by atoms with E-state index in [0.29, 0.717) is 0 Å². The zero-order valence-corrected chi connectivity index (χ0v) is 12.8. The largest absolute Gasteiger partial charge is 0.487 e. The van der Waals surface area contributed by atoms with Gasteiger partial charge in [0.1, 0.15) is 11.4 Å². The molecule has 1 aromatic carbocycles. The second-order valence-corrected chi connectivity index (χ2v) is 6.26. The third-order valence-corrected chi connectivity index (χ3v) is 4.08. The van der Waals surface area contributed by atoms with E-state index < -0.39 is 0 Å². The minimum atomic E-state index is -0.0478. The molecule has 0 spiro atoms. The predicted octanol–water partition coefficient (Wildman–Crippen LogP) is 3.93. The summed E-state index contributed by atoms with van der Waals surface area (Å²) >= 11 is 0. The Labute approximate surface area is 117 Å². The summed E-state index contributed by atoms with van der Waals surface area (Å²) in [5.41, 5.74) is 2.61. The number of hydrogen-bond donors (Lipinski definition) is 1. The highest BCUT2D eigenvalue weighted by Gasteiger charge is 2.31. The number of benzene rings is 1. The van der Waals surface area contributed by atoms with Crippen molar-refractivity contribution in [1.29, 1.82) is 0 Å². The summed E-state index contributed by atoms with van der Waals surface area (Å²) in [6, 6.07) is 6.52. The molecule has 1 aliphatic rings. The van der Waals surface area contributed by atoms with E-state index in [-0.39, 0.29) is 5.60 Å². The normalized spacial score (nSPS) is 16.5. The first kappa shape index (κ1) is 14.4. The molecule has 106 valence electrons. The van der Waals surface area contributed by atoms with Gasteiger partial charge in [-0.25, -0.2) is 0 Å². The maximum Gasteiger partial charge on any atom is 0.127 e. The second-order valence-electron chi connectivity index (χ2n) is 6.26. The molecule has 0 radical (unpaired) electrons. The fourth-order valence-electron chi connectivity index (χ4n) is 2.81. The molecule has 0 aromatic heterocycles. The van der Waals surface area contributed by atoms with Crippen molar-refractivity contribution in [3.8, 4) is 5.75 Å². The molecule has 2 heteroatoms. The highest BCUT2D eigenvalue weighted by Crippen LogP contribution is 2.37. The lowest BCUT2D eigenvalue weighted by Gasteiger charge is -2.19. The zero-order valence-electron chi connectivity index (χ0n) is 12.8. The van der Waals surface area contributed by atoms with Gasteiger partial charge in [0.25, 0.3) is 0 Å². The van der Waals surface area contributed by atoms with Crippen LogP contribution in [0.2, 0.25) is 0 Å². The van der Waals surface area contributed by atoms with Gasteiger partial charge in [-0.2, -0.15) is 0 Å². The Morgan fingerprint density at radius 2 is 2.00 bits per heavy atom. The molecular weight excluding hydrogens is 234 g/mol. The quantitative estimate of drug-likeness (QED) is 0.838. The van der Waals surface area contributed by atoms with Crippen LogP contribution in [0.4, 0.5) is 0 Å². The number of ether oxygens (including phenoxy) is 1. The molecule has 1 N–H and O–H groups in total. The first-order chi connectivity index (χ1) is 9.05. The summed E-state index contributed by atoms with van der Waals surface area (Å²) < 4.78 is 6.10. The maximum absolute atomic E-state index is 6.10. The van der Waals surface area contributed by atoms with E-state index >= 15 is 0 Å². The van der Waals surface area contributed by atoms with Crippen LogP contribution in [0.25, 0.3) is 0 Å². The van der Waals surface area contributed by atoms with Crippen LogP contribution in [-0.4, -0.2) is 12.1 Å². The van der Waals surface area contributed by atoms with Gasteiger partial charge < -0.3 is 10.1 Å². The van der Waals surface area contributed by atoms with Crippen molar-refractivity contribution in [3.05, 3.63) is 29.3 Å². The smallest absolute Gasteiger partial charge is 0.127 e. The minimum absolute atomic E-state index is 0.0478. The van der Waals surface area contributed by atoms with Crippen molar-refractivity contribution in [2.45, 2.75) is 59.1 Å². The summed E-state index contributed by atoms with van der Waals surface area (Å²) in [4.78, 5) is 0. The van der Waals surface area contributed by atoms with Gasteiger partial charge in [0.2, 0.25) is 0 Å².